The molecule has 0 saturated heterocycles. The number of nitrogens with one attached hydrogen (secondary N) is 1. The lowest BCUT2D eigenvalue weighted by atomic mass is 9.84. The zero-order valence-corrected chi connectivity index (χ0v) is 12.3. The summed E-state index contributed by atoms with van der Waals surface area (Å²) < 4.78 is 4.69. The molecule has 0 unspecified atom stereocenters. The van der Waals surface area contributed by atoms with Crippen LogP contribution in [0.25, 0.3) is 0 Å². The summed E-state index contributed by atoms with van der Waals surface area (Å²) in [5.41, 5.74) is 8.02. The summed E-state index contributed by atoms with van der Waals surface area (Å²) in [6.45, 7) is 2.27. The average molecular weight is 276 g/mol. The molecule has 0 spiro atoms. The highest BCUT2D eigenvalue weighted by atomic mass is 16.5. The Kier molecular flexibility index (Phi) is 4.88. The minimum atomic E-state index is -0.355. The van der Waals surface area contributed by atoms with Gasteiger partial charge < -0.3 is 15.8 Å². The molecule has 1 saturated carbocycles. The van der Waals surface area contributed by atoms with Crippen molar-refractivity contribution in [2.45, 2.75) is 45.1 Å². The lowest BCUT2D eigenvalue weighted by Crippen LogP contribution is -2.26. The van der Waals surface area contributed by atoms with Crippen LogP contribution in [0.1, 0.15) is 49.4 Å². The van der Waals surface area contributed by atoms with Gasteiger partial charge in [-0.15, -0.1) is 0 Å². The molecule has 0 atom stereocenters. The second-order valence-electron chi connectivity index (χ2n) is 5.56. The molecule has 0 aliphatic heterocycles. The van der Waals surface area contributed by atoms with Gasteiger partial charge in [-0.1, -0.05) is 13.3 Å². The van der Waals surface area contributed by atoms with Gasteiger partial charge in [-0.2, -0.15) is 0 Å². The van der Waals surface area contributed by atoms with Gasteiger partial charge in [0, 0.05) is 6.04 Å². The summed E-state index contributed by atoms with van der Waals surface area (Å²) in [4.78, 5) is 11.4. The zero-order chi connectivity index (χ0) is 14.5. The fraction of sp³-hybridized carbons (Fsp3) is 0.562. The summed E-state index contributed by atoms with van der Waals surface area (Å²) in [5.74, 6) is 0.527. The Morgan fingerprint density at radius 3 is 2.60 bits per heavy atom. The maximum Gasteiger partial charge on any atom is 0.337 e. The van der Waals surface area contributed by atoms with Crippen LogP contribution in [0.15, 0.2) is 18.2 Å². The first-order chi connectivity index (χ1) is 9.63. The minimum Gasteiger partial charge on any atom is -0.465 e. The topological polar surface area (TPSA) is 64.3 Å². The standard InChI is InChI=1S/C16H24N2O2/c1-3-11-4-7-13(8-5-11)18-15-9-6-12(10-14(15)17)16(19)20-2/h6,9-11,13,18H,3-5,7-8,17H2,1-2H3. The SMILES string of the molecule is CCC1CCC(Nc2ccc(C(=O)OC)cc2N)CC1. The molecule has 1 fully saturated rings. The quantitative estimate of drug-likeness (QED) is 0.653. The first kappa shape index (κ1) is 14.7. The maximum absolute atomic E-state index is 11.4. The number of hydrogen-bond donors (Lipinski definition) is 2. The molecule has 20 heavy (non-hydrogen) atoms. The molecule has 110 valence electrons. The summed E-state index contributed by atoms with van der Waals surface area (Å²) in [6, 6.07) is 5.78. The van der Waals surface area contributed by atoms with Crippen molar-refractivity contribution in [1.29, 1.82) is 0 Å². The lowest BCUT2D eigenvalue weighted by molar-refractivity contribution is 0.0601. The van der Waals surface area contributed by atoms with Crippen molar-refractivity contribution in [2.75, 3.05) is 18.2 Å². The molecule has 1 aromatic rings. The molecule has 0 heterocycles. The van der Waals surface area contributed by atoms with E-state index in [0.29, 0.717) is 17.3 Å². The number of carbonyl (C=O) groups excluding carboxylic acids is 1. The Hall–Kier alpha value is -1.71. The van der Waals surface area contributed by atoms with Gasteiger partial charge in [0.15, 0.2) is 0 Å². The highest BCUT2D eigenvalue weighted by Crippen LogP contribution is 2.30. The van der Waals surface area contributed by atoms with Gasteiger partial charge in [-0.3, -0.25) is 0 Å². The van der Waals surface area contributed by atoms with Crippen molar-refractivity contribution in [3.05, 3.63) is 23.8 Å². The smallest absolute Gasteiger partial charge is 0.337 e. The van der Waals surface area contributed by atoms with E-state index in [0.717, 1.165) is 11.6 Å². The van der Waals surface area contributed by atoms with E-state index in [-0.39, 0.29) is 5.97 Å². The van der Waals surface area contributed by atoms with Gasteiger partial charge in [-0.05, 0) is 49.8 Å². The molecular formula is C16H24N2O2. The Labute approximate surface area is 120 Å². The van der Waals surface area contributed by atoms with E-state index < -0.39 is 0 Å². The number of hydrogen-bond acceptors (Lipinski definition) is 4. The van der Waals surface area contributed by atoms with Gasteiger partial charge in [0.05, 0.1) is 24.0 Å². The Bertz CT molecular complexity index is 466. The van der Waals surface area contributed by atoms with E-state index in [1.807, 2.05) is 6.07 Å². The maximum atomic E-state index is 11.4. The average Bonchev–Trinajstić information content (AvgIpc) is 2.49. The second kappa shape index (κ2) is 6.64. The van der Waals surface area contributed by atoms with Gasteiger partial charge in [0.25, 0.3) is 0 Å². The molecule has 0 radical (unpaired) electrons. The van der Waals surface area contributed by atoms with Crippen molar-refractivity contribution in [3.63, 3.8) is 0 Å². The number of esters is 1. The van der Waals surface area contributed by atoms with E-state index in [4.69, 9.17) is 10.5 Å². The Morgan fingerprint density at radius 2 is 2.05 bits per heavy atom. The molecule has 0 amide bonds. The van der Waals surface area contributed by atoms with Gasteiger partial charge in [0.2, 0.25) is 0 Å². The van der Waals surface area contributed by atoms with E-state index >= 15 is 0 Å². The summed E-state index contributed by atoms with van der Waals surface area (Å²) >= 11 is 0. The summed E-state index contributed by atoms with van der Waals surface area (Å²) in [7, 11) is 1.37. The molecular weight excluding hydrogens is 252 g/mol. The van der Waals surface area contributed by atoms with Crippen LogP contribution in [-0.4, -0.2) is 19.1 Å². The number of anilines is 2. The molecule has 0 bridgehead atoms. The molecule has 1 aliphatic carbocycles. The largest absolute Gasteiger partial charge is 0.465 e. The first-order valence-electron chi connectivity index (χ1n) is 7.38. The van der Waals surface area contributed by atoms with Crippen LogP contribution in [0, 0.1) is 5.92 Å². The predicted molar refractivity (Wildman–Crippen MR) is 81.9 cm³/mol. The number of ether oxygens (including phenoxy) is 1. The minimum absolute atomic E-state index is 0.355. The number of rotatable bonds is 4. The van der Waals surface area contributed by atoms with Gasteiger partial charge in [0.1, 0.15) is 0 Å². The highest BCUT2D eigenvalue weighted by Gasteiger charge is 2.20. The molecule has 1 aromatic carbocycles. The van der Waals surface area contributed by atoms with E-state index in [2.05, 4.69) is 12.2 Å². The number of benzene rings is 1. The van der Waals surface area contributed by atoms with Crippen molar-refractivity contribution in [1.82, 2.24) is 0 Å². The Morgan fingerprint density at radius 1 is 1.35 bits per heavy atom. The van der Waals surface area contributed by atoms with Crippen molar-refractivity contribution in [2.24, 2.45) is 5.92 Å². The lowest BCUT2D eigenvalue weighted by Gasteiger charge is -2.29. The third-order valence-electron chi connectivity index (χ3n) is 4.26. The first-order valence-corrected chi connectivity index (χ1v) is 7.38. The van der Waals surface area contributed by atoms with Crippen LogP contribution in [0.4, 0.5) is 11.4 Å². The van der Waals surface area contributed by atoms with E-state index in [1.165, 1.54) is 39.2 Å². The number of nitrogen functional groups attached to an aromatic ring is 1. The van der Waals surface area contributed by atoms with Crippen LogP contribution >= 0.6 is 0 Å². The molecule has 4 heteroatoms. The molecule has 1 aliphatic rings. The number of methoxy groups -OCH3 is 1. The van der Waals surface area contributed by atoms with Crippen molar-refractivity contribution in [3.8, 4) is 0 Å². The van der Waals surface area contributed by atoms with Crippen LogP contribution in [0.2, 0.25) is 0 Å². The molecule has 3 N–H and O–H groups in total. The zero-order valence-electron chi connectivity index (χ0n) is 12.3. The Balaban J connectivity index is 1.98. The molecule has 4 nitrogen and oxygen atoms in total. The van der Waals surface area contributed by atoms with Crippen LogP contribution in [0.5, 0.6) is 0 Å². The fourth-order valence-corrected chi connectivity index (χ4v) is 2.87. The van der Waals surface area contributed by atoms with Crippen LogP contribution in [-0.2, 0) is 4.74 Å². The van der Waals surface area contributed by atoms with Crippen LogP contribution < -0.4 is 11.1 Å². The molecule has 0 aromatic heterocycles. The molecule has 2 rings (SSSR count). The normalized spacial score (nSPS) is 22.3. The van der Waals surface area contributed by atoms with E-state index in [9.17, 15) is 4.79 Å². The third kappa shape index (κ3) is 3.44. The number of nitrogens with two attached hydrogens (primary N) is 1. The summed E-state index contributed by atoms with van der Waals surface area (Å²) in [5, 5.41) is 3.50. The number of carbonyl (C=O) groups is 1. The van der Waals surface area contributed by atoms with E-state index in [1.54, 1.807) is 12.1 Å². The highest BCUT2D eigenvalue weighted by molar-refractivity contribution is 5.91. The van der Waals surface area contributed by atoms with Crippen molar-refractivity contribution >= 4 is 17.3 Å². The predicted octanol–water partition coefficient (Wildman–Crippen LogP) is 3.44. The fourth-order valence-electron chi connectivity index (χ4n) is 2.87. The van der Waals surface area contributed by atoms with Gasteiger partial charge >= 0.3 is 5.97 Å². The summed E-state index contributed by atoms with van der Waals surface area (Å²) in [6.07, 6.45) is 6.23. The van der Waals surface area contributed by atoms with Gasteiger partial charge in [-0.25, -0.2) is 4.79 Å². The second-order valence-corrected chi connectivity index (χ2v) is 5.56. The third-order valence-corrected chi connectivity index (χ3v) is 4.26. The van der Waals surface area contributed by atoms with Crippen molar-refractivity contribution < 1.29 is 9.53 Å². The monoisotopic (exact) mass is 276 g/mol. The van der Waals surface area contributed by atoms with Crippen LogP contribution in [0.3, 0.4) is 0 Å².